The van der Waals surface area contributed by atoms with E-state index < -0.39 is 16.8 Å². The van der Waals surface area contributed by atoms with Crippen molar-refractivity contribution in [2.75, 3.05) is 6.54 Å². The maximum absolute atomic E-state index is 13.1. The molecule has 0 aliphatic carbocycles. The topological polar surface area (TPSA) is 96.4 Å². The van der Waals surface area contributed by atoms with Gasteiger partial charge in [0.2, 0.25) is 11.6 Å². The largest absolute Gasteiger partial charge is 0.501 e. The Labute approximate surface area is 185 Å². The van der Waals surface area contributed by atoms with E-state index in [1.807, 2.05) is 20.8 Å². The fourth-order valence-electron chi connectivity index (χ4n) is 3.88. The molecular weight excluding hydrogens is 413 g/mol. The van der Waals surface area contributed by atoms with Crippen LogP contribution in [0.25, 0.3) is 5.70 Å². The van der Waals surface area contributed by atoms with Gasteiger partial charge in [-0.2, -0.15) is 0 Å². The van der Waals surface area contributed by atoms with E-state index in [1.54, 1.807) is 18.3 Å². The van der Waals surface area contributed by atoms with E-state index in [9.17, 15) is 14.3 Å². The van der Waals surface area contributed by atoms with Crippen molar-refractivity contribution in [3.8, 4) is 5.75 Å². The summed E-state index contributed by atoms with van der Waals surface area (Å²) in [5, 5.41) is 13.6. The number of hydrogen-bond donors (Lipinski definition) is 2. The summed E-state index contributed by atoms with van der Waals surface area (Å²) in [4.78, 5) is 24.0. The third kappa shape index (κ3) is 4.03. The lowest BCUT2D eigenvalue weighted by Gasteiger charge is -2.42. The van der Waals surface area contributed by atoms with Gasteiger partial charge < -0.3 is 14.8 Å². The number of hydrogen-bond acceptors (Lipinski definition) is 7. The molecule has 9 heteroatoms. The number of aryl methyl sites for hydroxylation is 1. The van der Waals surface area contributed by atoms with Crippen molar-refractivity contribution in [2.24, 2.45) is 0 Å². The van der Waals surface area contributed by atoms with E-state index in [2.05, 4.69) is 26.8 Å². The number of rotatable bonds is 6. The molecule has 0 saturated carbocycles. The van der Waals surface area contributed by atoms with Crippen molar-refractivity contribution >= 4 is 5.70 Å². The Bertz CT molecular complexity index is 1210. The lowest BCUT2D eigenvalue weighted by Crippen LogP contribution is -2.52. The zero-order chi connectivity index (χ0) is 23.0. The first kappa shape index (κ1) is 21.8. The normalized spacial score (nSPS) is 15.4. The minimum atomic E-state index is -0.626. The minimum Gasteiger partial charge on any atom is -0.501 e. The van der Waals surface area contributed by atoms with E-state index in [0.29, 0.717) is 43.6 Å². The summed E-state index contributed by atoms with van der Waals surface area (Å²) in [5.41, 5.74) is 0.108. The molecule has 8 nitrogen and oxygen atoms in total. The van der Waals surface area contributed by atoms with Gasteiger partial charge in [-0.1, -0.05) is 18.7 Å². The molecule has 0 radical (unpaired) electrons. The molecule has 0 atom stereocenters. The molecule has 0 unspecified atom stereocenters. The van der Waals surface area contributed by atoms with Gasteiger partial charge in [0.25, 0.3) is 5.56 Å². The van der Waals surface area contributed by atoms with Crippen molar-refractivity contribution in [1.82, 2.24) is 24.8 Å². The molecule has 0 fully saturated rings. The predicted molar refractivity (Wildman–Crippen MR) is 117 cm³/mol. The minimum absolute atomic E-state index is 0.102. The fraction of sp³-hybridized carbons (Fsp3) is 0.348. The van der Waals surface area contributed by atoms with Gasteiger partial charge >= 0.3 is 0 Å². The molecule has 0 saturated heterocycles. The van der Waals surface area contributed by atoms with Crippen LogP contribution in [0.4, 0.5) is 4.39 Å². The molecule has 0 bridgehead atoms. The summed E-state index contributed by atoms with van der Waals surface area (Å²) in [6, 6.07) is 6.03. The van der Waals surface area contributed by atoms with Gasteiger partial charge in [-0.3, -0.25) is 14.3 Å². The standard InChI is InChI=1S/C23H26FN5O3/c1-14-11-26-18(32-14)13-28-9-10-29-21(31)20(30)19(27-22(29)23(28,3)4)15(2)25-12-16-5-7-17(24)8-6-16/h5-8,11,25,30H,2,9-10,12-13H2,1,3-4H3. The summed E-state index contributed by atoms with van der Waals surface area (Å²) >= 11 is 0. The first-order valence-electron chi connectivity index (χ1n) is 10.3. The van der Waals surface area contributed by atoms with Gasteiger partial charge in [0, 0.05) is 19.6 Å². The second kappa shape index (κ2) is 8.23. The Balaban J connectivity index is 1.61. The molecule has 4 rings (SSSR count). The number of oxazole rings is 1. The Hall–Kier alpha value is -3.46. The fourth-order valence-corrected chi connectivity index (χ4v) is 3.88. The number of nitrogens with zero attached hydrogens (tertiary/aromatic N) is 4. The van der Waals surface area contributed by atoms with E-state index in [1.165, 1.54) is 16.7 Å². The Morgan fingerprint density at radius 3 is 2.69 bits per heavy atom. The molecule has 168 valence electrons. The highest BCUT2D eigenvalue weighted by Crippen LogP contribution is 2.32. The van der Waals surface area contributed by atoms with Crippen LogP contribution in [0.3, 0.4) is 0 Å². The number of nitrogens with one attached hydrogen (secondary N) is 1. The summed E-state index contributed by atoms with van der Waals surface area (Å²) < 4.78 is 20.2. The second-order valence-electron chi connectivity index (χ2n) is 8.39. The monoisotopic (exact) mass is 439 g/mol. The molecule has 0 spiro atoms. The van der Waals surface area contributed by atoms with Gasteiger partial charge in [0.1, 0.15) is 23.1 Å². The van der Waals surface area contributed by atoms with Gasteiger partial charge in [0.05, 0.1) is 24.0 Å². The van der Waals surface area contributed by atoms with Crippen LogP contribution in [0.15, 0.2) is 46.3 Å². The Morgan fingerprint density at radius 1 is 1.31 bits per heavy atom. The number of fused-ring (bicyclic) bond motifs is 1. The lowest BCUT2D eigenvalue weighted by molar-refractivity contribution is 0.0568. The summed E-state index contributed by atoms with van der Waals surface area (Å²) in [5.74, 6) is 1.09. The van der Waals surface area contributed by atoms with Crippen LogP contribution in [0.5, 0.6) is 5.75 Å². The molecule has 1 aromatic carbocycles. The van der Waals surface area contributed by atoms with Crippen LogP contribution >= 0.6 is 0 Å². The Morgan fingerprint density at radius 2 is 2.03 bits per heavy atom. The molecule has 1 aliphatic rings. The van der Waals surface area contributed by atoms with Crippen LogP contribution < -0.4 is 10.9 Å². The highest BCUT2D eigenvalue weighted by Gasteiger charge is 2.39. The van der Waals surface area contributed by atoms with Crippen LogP contribution in [0.1, 0.15) is 42.6 Å². The van der Waals surface area contributed by atoms with Gasteiger partial charge in [-0.05, 0) is 38.5 Å². The summed E-state index contributed by atoms with van der Waals surface area (Å²) in [6.07, 6.45) is 1.68. The van der Waals surface area contributed by atoms with E-state index in [-0.39, 0.29) is 11.5 Å². The molecule has 1 aliphatic heterocycles. The maximum atomic E-state index is 13.1. The third-order valence-electron chi connectivity index (χ3n) is 5.78. The maximum Gasteiger partial charge on any atom is 0.296 e. The molecule has 2 aromatic heterocycles. The average Bonchev–Trinajstić information content (AvgIpc) is 3.16. The first-order chi connectivity index (χ1) is 15.2. The van der Waals surface area contributed by atoms with Gasteiger partial charge in [-0.25, -0.2) is 14.4 Å². The first-order valence-corrected chi connectivity index (χ1v) is 10.3. The summed E-state index contributed by atoms with van der Waals surface area (Å²) in [7, 11) is 0. The van der Waals surface area contributed by atoms with Crippen LogP contribution in [0, 0.1) is 12.7 Å². The van der Waals surface area contributed by atoms with Crippen LogP contribution in [-0.4, -0.2) is 31.1 Å². The molecule has 2 N–H and O–H groups in total. The van der Waals surface area contributed by atoms with E-state index >= 15 is 0 Å². The van der Waals surface area contributed by atoms with Crippen molar-refractivity contribution in [1.29, 1.82) is 0 Å². The highest BCUT2D eigenvalue weighted by molar-refractivity contribution is 5.63. The number of aromatic nitrogens is 3. The third-order valence-corrected chi connectivity index (χ3v) is 5.78. The number of aromatic hydroxyl groups is 1. The second-order valence-corrected chi connectivity index (χ2v) is 8.39. The van der Waals surface area contributed by atoms with Gasteiger partial charge in [-0.15, -0.1) is 0 Å². The Kier molecular flexibility index (Phi) is 5.60. The molecule has 32 heavy (non-hydrogen) atoms. The number of halogens is 1. The summed E-state index contributed by atoms with van der Waals surface area (Å²) in [6.45, 7) is 11.5. The van der Waals surface area contributed by atoms with Gasteiger partial charge in [0.15, 0.2) is 0 Å². The van der Waals surface area contributed by atoms with E-state index in [4.69, 9.17) is 4.42 Å². The van der Waals surface area contributed by atoms with Crippen molar-refractivity contribution in [3.05, 3.63) is 81.9 Å². The zero-order valence-electron chi connectivity index (χ0n) is 18.4. The molecule has 3 aromatic rings. The quantitative estimate of drug-likeness (QED) is 0.610. The molecule has 0 amide bonds. The average molecular weight is 439 g/mol. The lowest BCUT2D eigenvalue weighted by atomic mass is 9.98. The highest BCUT2D eigenvalue weighted by atomic mass is 19.1. The zero-order valence-corrected chi connectivity index (χ0v) is 18.4. The van der Waals surface area contributed by atoms with Crippen LogP contribution in [-0.2, 0) is 25.2 Å². The smallest absolute Gasteiger partial charge is 0.296 e. The number of benzene rings is 1. The van der Waals surface area contributed by atoms with Crippen molar-refractivity contribution in [3.63, 3.8) is 0 Å². The van der Waals surface area contributed by atoms with E-state index in [0.717, 1.165) is 11.3 Å². The molecular formula is C23H26FN5O3. The van der Waals surface area contributed by atoms with Crippen molar-refractivity contribution in [2.45, 2.75) is 45.9 Å². The van der Waals surface area contributed by atoms with Crippen LogP contribution in [0.2, 0.25) is 0 Å². The molecule has 3 heterocycles. The van der Waals surface area contributed by atoms with Crippen molar-refractivity contribution < 1.29 is 13.9 Å². The predicted octanol–water partition coefficient (Wildman–Crippen LogP) is 2.90. The SMILES string of the molecule is C=C(NCc1ccc(F)cc1)c1nc2n(c(=O)c1O)CCN(Cc1ncc(C)o1)C2(C)C.